The second-order valence-electron chi connectivity index (χ2n) is 4.17. The van der Waals surface area contributed by atoms with Gasteiger partial charge in [0.25, 0.3) is 0 Å². The van der Waals surface area contributed by atoms with Gasteiger partial charge in [0.1, 0.15) is 12.9 Å². The molecule has 0 saturated carbocycles. The largest absolute Gasteiger partial charge is 0.493 e. The molecule has 3 N–H and O–H groups in total. The van der Waals surface area contributed by atoms with Crippen molar-refractivity contribution in [2.75, 3.05) is 24.8 Å². The number of ether oxygens (including phenoxy) is 2. The summed E-state index contributed by atoms with van der Waals surface area (Å²) in [5, 5.41) is 3.08. The van der Waals surface area contributed by atoms with Crippen molar-refractivity contribution in [3.63, 3.8) is 0 Å². The van der Waals surface area contributed by atoms with E-state index in [0.717, 1.165) is 0 Å². The fourth-order valence-electron chi connectivity index (χ4n) is 1.59. The van der Waals surface area contributed by atoms with Crippen LogP contribution in [0.5, 0.6) is 11.5 Å². The number of anilines is 2. The Bertz CT molecular complexity index is 564. The molecule has 0 bridgehead atoms. The van der Waals surface area contributed by atoms with Crippen LogP contribution in [0.15, 0.2) is 30.6 Å². The van der Waals surface area contributed by atoms with Crippen LogP contribution in [0.3, 0.4) is 0 Å². The smallest absolute Gasteiger partial charge is 0.227 e. The molecule has 0 fully saturated rings. The summed E-state index contributed by atoms with van der Waals surface area (Å²) in [6, 6.07) is 7.48. The van der Waals surface area contributed by atoms with Crippen LogP contribution in [0.25, 0.3) is 0 Å². The zero-order valence-electron chi connectivity index (χ0n) is 11.4. The van der Waals surface area contributed by atoms with Crippen LogP contribution >= 0.6 is 0 Å². The molecule has 1 aromatic heterocycles. The Hall–Kier alpha value is -2.57. The van der Waals surface area contributed by atoms with Gasteiger partial charge in [-0.3, -0.25) is 0 Å². The van der Waals surface area contributed by atoms with Crippen molar-refractivity contribution in [3.05, 3.63) is 30.6 Å². The zero-order chi connectivity index (χ0) is 14.4. The van der Waals surface area contributed by atoms with Crippen molar-refractivity contribution in [2.45, 2.75) is 13.0 Å². The molecule has 0 spiro atoms. The Balaban J connectivity index is 1.90. The van der Waals surface area contributed by atoms with Gasteiger partial charge in [0.15, 0.2) is 11.5 Å². The first-order chi connectivity index (χ1) is 9.69. The minimum atomic E-state index is 0.00159. The number of benzene rings is 1. The molecule has 1 atom stereocenters. The van der Waals surface area contributed by atoms with Crippen LogP contribution in [0.2, 0.25) is 0 Å². The van der Waals surface area contributed by atoms with Gasteiger partial charge >= 0.3 is 0 Å². The van der Waals surface area contributed by atoms with Gasteiger partial charge in [-0.2, -0.15) is 4.98 Å². The third-order valence-corrected chi connectivity index (χ3v) is 2.52. The van der Waals surface area contributed by atoms with Crippen molar-refractivity contribution in [3.8, 4) is 11.5 Å². The van der Waals surface area contributed by atoms with Crippen molar-refractivity contribution in [2.24, 2.45) is 0 Å². The first-order valence-electron chi connectivity index (χ1n) is 6.16. The maximum Gasteiger partial charge on any atom is 0.227 e. The van der Waals surface area contributed by atoms with Crippen LogP contribution < -0.4 is 20.5 Å². The number of nitrogens with two attached hydrogens (primary N) is 1. The van der Waals surface area contributed by atoms with Gasteiger partial charge in [-0.25, -0.2) is 9.97 Å². The Kier molecular flexibility index (Phi) is 4.54. The molecular formula is C13H17N5O2. The molecule has 7 heteroatoms. The van der Waals surface area contributed by atoms with Gasteiger partial charge in [0.05, 0.1) is 13.2 Å². The number of nitrogens with one attached hydrogen (secondary N) is 1. The lowest BCUT2D eigenvalue weighted by atomic mass is 10.3. The van der Waals surface area contributed by atoms with E-state index in [9.17, 15) is 0 Å². The summed E-state index contributed by atoms with van der Waals surface area (Å²) < 4.78 is 10.9. The lowest BCUT2D eigenvalue weighted by molar-refractivity contribution is 0.283. The molecule has 2 aromatic rings. The van der Waals surface area contributed by atoms with E-state index in [2.05, 4.69) is 20.3 Å². The highest BCUT2D eigenvalue weighted by molar-refractivity contribution is 5.39. The Morgan fingerprint density at radius 1 is 1.25 bits per heavy atom. The summed E-state index contributed by atoms with van der Waals surface area (Å²) in [6.07, 6.45) is 1.36. The summed E-state index contributed by atoms with van der Waals surface area (Å²) >= 11 is 0. The van der Waals surface area contributed by atoms with Gasteiger partial charge in [-0.05, 0) is 19.1 Å². The quantitative estimate of drug-likeness (QED) is 0.821. The molecule has 0 radical (unpaired) electrons. The molecule has 7 nitrogen and oxygen atoms in total. The summed E-state index contributed by atoms with van der Waals surface area (Å²) in [4.78, 5) is 11.7. The van der Waals surface area contributed by atoms with E-state index in [1.807, 2.05) is 31.2 Å². The van der Waals surface area contributed by atoms with E-state index in [-0.39, 0.29) is 12.0 Å². The number of aromatic nitrogens is 3. The van der Waals surface area contributed by atoms with Gasteiger partial charge in [0.2, 0.25) is 11.9 Å². The third kappa shape index (κ3) is 3.71. The molecule has 0 aliphatic heterocycles. The highest BCUT2D eigenvalue weighted by atomic mass is 16.5. The predicted molar refractivity (Wildman–Crippen MR) is 75.8 cm³/mol. The van der Waals surface area contributed by atoms with Crippen molar-refractivity contribution in [1.29, 1.82) is 0 Å². The summed E-state index contributed by atoms with van der Waals surface area (Å²) in [6.45, 7) is 2.39. The number of rotatable bonds is 6. The number of nitrogens with zero attached hydrogens (tertiary/aromatic N) is 3. The van der Waals surface area contributed by atoms with Crippen LogP contribution in [0.4, 0.5) is 11.9 Å². The Labute approximate surface area is 117 Å². The second kappa shape index (κ2) is 6.55. The predicted octanol–water partition coefficient (Wildman–Crippen LogP) is 1.34. The number of para-hydroxylation sites is 2. The molecule has 106 valence electrons. The lowest BCUT2D eigenvalue weighted by Gasteiger charge is -2.16. The van der Waals surface area contributed by atoms with E-state index in [4.69, 9.17) is 15.2 Å². The minimum absolute atomic E-state index is 0.00159. The number of nitrogen functional groups attached to an aromatic ring is 1. The molecular weight excluding hydrogens is 258 g/mol. The number of hydrogen-bond donors (Lipinski definition) is 2. The molecule has 1 aromatic carbocycles. The maximum atomic E-state index is 5.70. The van der Waals surface area contributed by atoms with Gasteiger partial charge < -0.3 is 20.5 Å². The molecule has 0 aliphatic carbocycles. The van der Waals surface area contributed by atoms with E-state index in [1.54, 1.807) is 7.11 Å². The molecule has 1 heterocycles. The normalized spacial score (nSPS) is 11.7. The van der Waals surface area contributed by atoms with E-state index in [1.165, 1.54) is 6.33 Å². The molecule has 0 saturated heterocycles. The minimum Gasteiger partial charge on any atom is -0.493 e. The summed E-state index contributed by atoms with van der Waals surface area (Å²) in [7, 11) is 1.61. The van der Waals surface area contributed by atoms with E-state index >= 15 is 0 Å². The molecule has 2 rings (SSSR count). The Morgan fingerprint density at radius 2 is 2.00 bits per heavy atom. The molecule has 0 amide bonds. The van der Waals surface area contributed by atoms with Gasteiger partial charge in [-0.15, -0.1) is 0 Å². The average molecular weight is 275 g/mol. The summed E-state index contributed by atoms with van der Waals surface area (Å²) in [5.41, 5.74) is 5.49. The zero-order valence-corrected chi connectivity index (χ0v) is 11.4. The average Bonchev–Trinajstić information content (AvgIpc) is 2.45. The van der Waals surface area contributed by atoms with E-state index < -0.39 is 0 Å². The first-order valence-corrected chi connectivity index (χ1v) is 6.16. The molecule has 20 heavy (non-hydrogen) atoms. The van der Waals surface area contributed by atoms with Crippen molar-refractivity contribution in [1.82, 2.24) is 15.0 Å². The number of methoxy groups -OCH3 is 1. The van der Waals surface area contributed by atoms with Gasteiger partial charge in [-0.1, -0.05) is 12.1 Å². The standard InChI is InChI=1S/C13H17N5O2/c1-9(17-13-16-8-15-12(14)18-13)7-20-11-6-4-3-5-10(11)19-2/h3-6,8-9H,7H2,1-2H3,(H3,14,15,16,17,18). The second-order valence-corrected chi connectivity index (χ2v) is 4.17. The highest BCUT2D eigenvalue weighted by Crippen LogP contribution is 2.25. The Morgan fingerprint density at radius 3 is 2.70 bits per heavy atom. The van der Waals surface area contributed by atoms with Crippen LogP contribution in [-0.4, -0.2) is 34.7 Å². The van der Waals surface area contributed by atoms with Crippen LogP contribution in [0.1, 0.15) is 6.92 Å². The van der Waals surface area contributed by atoms with Crippen molar-refractivity contribution >= 4 is 11.9 Å². The molecule has 1 unspecified atom stereocenters. The summed E-state index contributed by atoms with van der Waals surface area (Å²) in [5.74, 6) is 2.00. The molecule has 0 aliphatic rings. The highest BCUT2D eigenvalue weighted by Gasteiger charge is 2.08. The number of hydrogen-bond acceptors (Lipinski definition) is 7. The topological polar surface area (TPSA) is 95.2 Å². The fraction of sp³-hybridized carbons (Fsp3) is 0.308. The monoisotopic (exact) mass is 275 g/mol. The van der Waals surface area contributed by atoms with Crippen LogP contribution in [-0.2, 0) is 0 Å². The van der Waals surface area contributed by atoms with E-state index in [0.29, 0.717) is 24.1 Å². The first kappa shape index (κ1) is 13.9. The maximum absolute atomic E-state index is 5.70. The van der Waals surface area contributed by atoms with Crippen LogP contribution in [0, 0.1) is 0 Å². The van der Waals surface area contributed by atoms with Crippen molar-refractivity contribution < 1.29 is 9.47 Å². The van der Waals surface area contributed by atoms with Gasteiger partial charge in [0, 0.05) is 0 Å². The fourth-order valence-corrected chi connectivity index (χ4v) is 1.59. The third-order valence-electron chi connectivity index (χ3n) is 2.52. The lowest BCUT2D eigenvalue weighted by Crippen LogP contribution is -2.25. The SMILES string of the molecule is COc1ccccc1OCC(C)Nc1ncnc(N)n1.